The van der Waals surface area contributed by atoms with Gasteiger partial charge in [0.15, 0.2) is 0 Å². The van der Waals surface area contributed by atoms with Crippen LogP contribution in [0.15, 0.2) is 0 Å². The van der Waals surface area contributed by atoms with Gasteiger partial charge in [0.2, 0.25) is 0 Å². The molecule has 1 aliphatic rings. The van der Waals surface area contributed by atoms with E-state index in [0.717, 1.165) is 0 Å². The zero-order chi connectivity index (χ0) is 18.3. The summed E-state index contributed by atoms with van der Waals surface area (Å²) in [6.07, 6.45) is -0.166. The molecule has 3 atom stereocenters. The topological polar surface area (TPSA) is 88.1 Å². The second kappa shape index (κ2) is 8.89. The average molecular weight is 344 g/mol. The van der Waals surface area contributed by atoms with Gasteiger partial charge in [-0.3, -0.25) is 9.59 Å². The number of rotatable bonds is 5. The number of hydrogen-bond donors (Lipinski definition) is 0. The Bertz CT molecular complexity index is 452. The highest BCUT2D eigenvalue weighted by atomic mass is 16.7. The number of hydrogen-bond acceptors (Lipinski definition) is 7. The maximum atomic E-state index is 12.2. The fourth-order valence-corrected chi connectivity index (χ4v) is 2.69. The Labute approximate surface area is 143 Å². The zero-order valence-electron chi connectivity index (χ0n) is 15.1. The molecule has 0 saturated heterocycles. The SMILES string of the molecule is CCOC(=O)[C@H]1CC[C@@H](OC(=O)OC(C)(C)C)C[C@@H]1C(=O)OCC. The summed E-state index contributed by atoms with van der Waals surface area (Å²) < 4.78 is 20.5. The quantitative estimate of drug-likeness (QED) is 0.559. The van der Waals surface area contributed by atoms with Crippen molar-refractivity contribution in [1.29, 1.82) is 0 Å². The van der Waals surface area contributed by atoms with E-state index in [-0.39, 0.29) is 19.6 Å². The Morgan fingerprint density at radius 3 is 1.96 bits per heavy atom. The lowest BCUT2D eigenvalue weighted by atomic mass is 9.77. The Kier molecular flexibility index (Phi) is 7.51. The van der Waals surface area contributed by atoms with Gasteiger partial charge in [-0.15, -0.1) is 0 Å². The molecule has 0 N–H and O–H groups in total. The number of carbonyl (C=O) groups is 3. The second-order valence-corrected chi connectivity index (χ2v) is 6.73. The van der Waals surface area contributed by atoms with Crippen molar-refractivity contribution in [3.8, 4) is 0 Å². The molecule has 24 heavy (non-hydrogen) atoms. The van der Waals surface area contributed by atoms with Crippen LogP contribution < -0.4 is 0 Å². The summed E-state index contributed by atoms with van der Waals surface area (Å²) in [5.74, 6) is -2.12. The van der Waals surface area contributed by atoms with Crippen LogP contribution in [0.1, 0.15) is 53.9 Å². The number of ether oxygens (including phenoxy) is 4. The van der Waals surface area contributed by atoms with E-state index in [9.17, 15) is 14.4 Å². The van der Waals surface area contributed by atoms with E-state index in [1.54, 1.807) is 34.6 Å². The fraction of sp³-hybridized carbons (Fsp3) is 0.824. The molecule has 1 fully saturated rings. The minimum absolute atomic E-state index is 0.224. The van der Waals surface area contributed by atoms with Gasteiger partial charge in [0.1, 0.15) is 11.7 Å². The van der Waals surface area contributed by atoms with Crippen molar-refractivity contribution in [2.45, 2.75) is 65.6 Å². The first kappa shape index (κ1) is 20.3. The van der Waals surface area contributed by atoms with Crippen LogP contribution in [0.2, 0.25) is 0 Å². The molecule has 1 aliphatic carbocycles. The van der Waals surface area contributed by atoms with Crippen molar-refractivity contribution >= 4 is 18.1 Å². The third-order valence-electron chi connectivity index (χ3n) is 3.63. The van der Waals surface area contributed by atoms with E-state index >= 15 is 0 Å². The lowest BCUT2D eigenvalue weighted by Crippen LogP contribution is -2.41. The summed E-state index contributed by atoms with van der Waals surface area (Å²) in [6.45, 7) is 9.13. The summed E-state index contributed by atoms with van der Waals surface area (Å²) in [5, 5.41) is 0. The van der Waals surface area contributed by atoms with E-state index in [0.29, 0.717) is 12.8 Å². The van der Waals surface area contributed by atoms with Gasteiger partial charge >= 0.3 is 18.1 Å². The molecule has 0 aromatic heterocycles. The van der Waals surface area contributed by atoms with Crippen molar-refractivity contribution in [1.82, 2.24) is 0 Å². The molecule has 0 radical (unpaired) electrons. The number of esters is 2. The minimum Gasteiger partial charge on any atom is -0.466 e. The fourth-order valence-electron chi connectivity index (χ4n) is 2.69. The molecule has 7 heteroatoms. The van der Waals surface area contributed by atoms with Crippen LogP contribution in [-0.4, -0.2) is 43.0 Å². The normalized spacial score (nSPS) is 24.0. The van der Waals surface area contributed by atoms with Gasteiger partial charge < -0.3 is 18.9 Å². The first-order valence-corrected chi connectivity index (χ1v) is 8.40. The molecular weight excluding hydrogens is 316 g/mol. The van der Waals surface area contributed by atoms with Crippen LogP contribution in [-0.2, 0) is 28.5 Å². The molecule has 0 aliphatic heterocycles. The van der Waals surface area contributed by atoms with Gasteiger partial charge in [-0.25, -0.2) is 4.79 Å². The Morgan fingerprint density at radius 1 is 0.917 bits per heavy atom. The molecule has 0 heterocycles. The Morgan fingerprint density at radius 2 is 1.46 bits per heavy atom. The van der Waals surface area contributed by atoms with Crippen LogP contribution in [0.5, 0.6) is 0 Å². The van der Waals surface area contributed by atoms with Gasteiger partial charge in [0.05, 0.1) is 25.0 Å². The summed E-state index contributed by atoms with van der Waals surface area (Å²) in [6, 6.07) is 0. The first-order valence-electron chi connectivity index (χ1n) is 8.40. The van der Waals surface area contributed by atoms with Gasteiger partial charge in [-0.2, -0.15) is 0 Å². The van der Waals surface area contributed by atoms with Gasteiger partial charge in [0, 0.05) is 0 Å². The van der Waals surface area contributed by atoms with Crippen LogP contribution >= 0.6 is 0 Å². The molecule has 0 spiro atoms. The molecule has 0 amide bonds. The average Bonchev–Trinajstić information content (AvgIpc) is 2.45. The Hall–Kier alpha value is -1.79. The van der Waals surface area contributed by atoms with Crippen molar-refractivity contribution in [2.24, 2.45) is 11.8 Å². The molecule has 0 aromatic rings. The smallest absolute Gasteiger partial charge is 0.466 e. The van der Waals surface area contributed by atoms with Gasteiger partial charge in [-0.1, -0.05) is 0 Å². The molecule has 7 nitrogen and oxygen atoms in total. The van der Waals surface area contributed by atoms with Crippen molar-refractivity contribution < 1.29 is 33.3 Å². The largest absolute Gasteiger partial charge is 0.509 e. The second-order valence-electron chi connectivity index (χ2n) is 6.73. The lowest BCUT2D eigenvalue weighted by Gasteiger charge is -2.33. The van der Waals surface area contributed by atoms with E-state index in [2.05, 4.69) is 0 Å². The maximum absolute atomic E-state index is 12.2. The van der Waals surface area contributed by atoms with Crippen LogP contribution in [0, 0.1) is 11.8 Å². The predicted octanol–water partition coefficient (Wildman–Crippen LogP) is 2.85. The molecule has 0 unspecified atom stereocenters. The van der Waals surface area contributed by atoms with Crippen molar-refractivity contribution in [2.75, 3.05) is 13.2 Å². The molecule has 1 rings (SSSR count). The molecular formula is C17H28O7. The summed E-state index contributed by atoms with van der Waals surface area (Å²) in [7, 11) is 0. The third-order valence-corrected chi connectivity index (χ3v) is 3.63. The maximum Gasteiger partial charge on any atom is 0.509 e. The highest BCUT2D eigenvalue weighted by Gasteiger charge is 2.42. The van der Waals surface area contributed by atoms with Crippen LogP contribution in [0.4, 0.5) is 4.79 Å². The van der Waals surface area contributed by atoms with Crippen molar-refractivity contribution in [3.63, 3.8) is 0 Å². The zero-order valence-corrected chi connectivity index (χ0v) is 15.1. The predicted molar refractivity (Wildman–Crippen MR) is 85.2 cm³/mol. The minimum atomic E-state index is -0.773. The van der Waals surface area contributed by atoms with Gasteiger partial charge in [-0.05, 0) is 53.9 Å². The third kappa shape index (κ3) is 6.37. The highest BCUT2D eigenvalue weighted by Crippen LogP contribution is 2.34. The molecule has 0 aromatic carbocycles. The van der Waals surface area contributed by atoms with E-state index < -0.39 is 41.6 Å². The van der Waals surface area contributed by atoms with Crippen LogP contribution in [0.3, 0.4) is 0 Å². The number of carbonyl (C=O) groups excluding carboxylic acids is 3. The molecule has 138 valence electrons. The van der Waals surface area contributed by atoms with E-state index in [1.165, 1.54) is 0 Å². The first-order chi connectivity index (χ1) is 11.2. The standard InChI is InChI=1S/C17H28O7/c1-6-21-14(18)12-9-8-11(10-13(12)15(19)22-7-2)23-16(20)24-17(3,4)5/h11-13H,6-10H2,1-5H3/t11-,12+,13+/m1/s1. The molecule has 1 saturated carbocycles. The van der Waals surface area contributed by atoms with E-state index in [4.69, 9.17) is 18.9 Å². The monoisotopic (exact) mass is 344 g/mol. The lowest BCUT2D eigenvalue weighted by molar-refractivity contribution is -0.165. The highest BCUT2D eigenvalue weighted by molar-refractivity contribution is 5.82. The summed E-state index contributed by atoms with van der Waals surface area (Å²) >= 11 is 0. The van der Waals surface area contributed by atoms with E-state index in [1.807, 2.05) is 0 Å². The van der Waals surface area contributed by atoms with Crippen molar-refractivity contribution in [3.05, 3.63) is 0 Å². The molecule has 0 bridgehead atoms. The van der Waals surface area contributed by atoms with Gasteiger partial charge in [0.25, 0.3) is 0 Å². The Balaban J connectivity index is 2.74. The summed E-state index contributed by atoms with van der Waals surface area (Å²) in [5.41, 5.74) is -0.653. The van der Waals surface area contributed by atoms with Crippen LogP contribution in [0.25, 0.3) is 0 Å². The summed E-state index contributed by atoms with van der Waals surface area (Å²) in [4.78, 5) is 36.0.